The first-order chi connectivity index (χ1) is 5.61. The van der Waals surface area contributed by atoms with Crippen LogP contribution >= 0.6 is 0 Å². The van der Waals surface area contributed by atoms with Crippen LogP contribution in [0.1, 0.15) is 40.0 Å². The highest BCUT2D eigenvalue weighted by Gasteiger charge is 2.25. The molecule has 3 atom stereocenters. The van der Waals surface area contributed by atoms with E-state index in [1.165, 1.54) is 19.4 Å². The molecular weight excluding hydrogens is 150 g/mol. The average Bonchev–Trinajstić information content (AvgIpc) is 2.33. The van der Waals surface area contributed by atoms with E-state index in [-0.39, 0.29) is 6.10 Å². The molecule has 1 saturated heterocycles. The Morgan fingerprint density at radius 3 is 2.58 bits per heavy atom. The third kappa shape index (κ3) is 2.46. The summed E-state index contributed by atoms with van der Waals surface area (Å²) in [6.07, 6.45) is 3.40. The van der Waals surface area contributed by atoms with Crippen molar-refractivity contribution < 1.29 is 5.11 Å². The molecule has 0 aliphatic carbocycles. The molecular formula is C10H21NO. The van der Waals surface area contributed by atoms with Gasteiger partial charge in [-0.2, -0.15) is 0 Å². The topological polar surface area (TPSA) is 23.5 Å². The maximum atomic E-state index is 9.24. The molecule has 0 aromatic heterocycles. The summed E-state index contributed by atoms with van der Waals surface area (Å²) in [5.41, 5.74) is 0. The first-order valence-corrected chi connectivity index (χ1v) is 5.05. The molecule has 1 rings (SSSR count). The summed E-state index contributed by atoms with van der Waals surface area (Å²) in [4.78, 5) is 2.51. The van der Waals surface area contributed by atoms with Crippen LogP contribution < -0.4 is 0 Å². The van der Waals surface area contributed by atoms with Crippen LogP contribution in [0, 0.1) is 0 Å². The van der Waals surface area contributed by atoms with Crippen molar-refractivity contribution >= 4 is 0 Å². The van der Waals surface area contributed by atoms with Crippen LogP contribution in [0.2, 0.25) is 0 Å². The van der Waals surface area contributed by atoms with Crippen molar-refractivity contribution in [3.8, 4) is 0 Å². The molecule has 1 heterocycles. The lowest BCUT2D eigenvalue weighted by molar-refractivity contribution is 0.116. The lowest BCUT2D eigenvalue weighted by atomic mass is 10.1. The van der Waals surface area contributed by atoms with E-state index in [2.05, 4.69) is 18.7 Å². The quantitative estimate of drug-likeness (QED) is 0.697. The first kappa shape index (κ1) is 10.0. The van der Waals surface area contributed by atoms with Crippen LogP contribution in [-0.2, 0) is 0 Å². The Morgan fingerprint density at radius 2 is 2.17 bits per heavy atom. The van der Waals surface area contributed by atoms with E-state index in [0.717, 1.165) is 12.5 Å². The minimum Gasteiger partial charge on any atom is -0.393 e. The highest BCUT2D eigenvalue weighted by Crippen LogP contribution is 2.21. The third-order valence-corrected chi connectivity index (χ3v) is 2.85. The van der Waals surface area contributed by atoms with E-state index >= 15 is 0 Å². The Kier molecular flexibility index (Phi) is 3.53. The van der Waals surface area contributed by atoms with E-state index in [1.54, 1.807) is 0 Å². The van der Waals surface area contributed by atoms with Gasteiger partial charge in [0.05, 0.1) is 6.10 Å². The number of hydrogen-bond donors (Lipinski definition) is 1. The molecule has 1 N–H and O–H groups in total. The summed E-state index contributed by atoms with van der Waals surface area (Å²) in [5, 5.41) is 9.24. The molecule has 1 aliphatic heterocycles. The highest BCUT2D eigenvalue weighted by molar-refractivity contribution is 4.80. The second kappa shape index (κ2) is 4.24. The van der Waals surface area contributed by atoms with Crippen molar-refractivity contribution in [2.45, 2.75) is 58.2 Å². The molecule has 3 unspecified atom stereocenters. The Balaban J connectivity index is 2.35. The largest absolute Gasteiger partial charge is 0.393 e. The van der Waals surface area contributed by atoms with Crippen molar-refractivity contribution in [2.75, 3.05) is 6.54 Å². The van der Waals surface area contributed by atoms with E-state index in [4.69, 9.17) is 0 Å². The lowest BCUT2D eigenvalue weighted by Crippen LogP contribution is -2.37. The highest BCUT2D eigenvalue weighted by atomic mass is 16.3. The first-order valence-electron chi connectivity index (χ1n) is 5.05. The van der Waals surface area contributed by atoms with Crippen LogP contribution in [0.4, 0.5) is 0 Å². The fourth-order valence-corrected chi connectivity index (χ4v) is 2.24. The van der Waals surface area contributed by atoms with Gasteiger partial charge in [-0.3, -0.25) is 4.90 Å². The fourth-order valence-electron chi connectivity index (χ4n) is 2.24. The third-order valence-electron chi connectivity index (χ3n) is 2.85. The Morgan fingerprint density at radius 1 is 1.50 bits per heavy atom. The van der Waals surface area contributed by atoms with Crippen LogP contribution in [0.5, 0.6) is 0 Å². The summed E-state index contributed by atoms with van der Waals surface area (Å²) in [6.45, 7) is 7.59. The molecule has 2 heteroatoms. The zero-order valence-corrected chi connectivity index (χ0v) is 8.45. The summed E-state index contributed by atoms with van der Waals surface area (Å²) >= 11 is 0. The molecule has 0 aromatic rings. The van der Waals surface area contributed by atoms with Gasteiger partial charge in [0.15, 0.2) is 0 Å². The normalized spacial score (nSPS) is 30.5. The maximum Gasteiger partial charge on any atom is 0.0526 e. The number of aliphatic hydroxyl groups is 1. The predicted octanol–water partition coefficient (Wildman–Crippen LogP) is 1.63. The minimum atomic E-state index is -0.159. The van der Waals surface area contributed by atoms with Gasteiger partial charge in [0, 0.05) is 12.1 Å². The number of hydrogen-bond acceptors (Lipinski definition) is 2. The summed E-state index contributed by atoms with van der Waals surface area (Å²) in [7, 11) is 0. The van der Waals surface area contributed by atoms with Crippen LogP contribution in [0.3, 0.4) is 0 Å². The van der Waals surface area contributed by atoms with Gasteiger partial charge in [0.2, 0.25) is 0 Å². The number of rotatable bonds is 3. The Hall–Kier alpha value is -0.0800. The van der Waals surface area contributed by atoms with E-state index < -0.39 is 0 Å². The Bertz CT molecular complexity index is 136. The van der Waals surface area contributed by atoms with E-state index in [0.29, 0.717) is 6.04 Å². The molecule has 0 saturated carbocycles. The van der Waals surface area contributed by atoms with Gasteiger partial charge in [0.25, 0.3) is 0 Å². The van der Waals surface area contributed by atoms with Crippen molar-refractivity contribution in [3.63, 3.8) is 0 Å². The van der Waals surface area contributed by atoms with Gasteiger partial charge >= 0.3 is 0 Å². The monoisotopic (exact) mass is 171 g/mol. The van der Waals surface area contributed by atoms with Crippen LogP contribution in [0.15, 0.2) is 0 Å². The van der Waals surface area contributed by atoms with E-state index in [1.807, 2.05) is 6.92 Å². The number of likely N-dealkylation sites (tertiary alicyclic amines) is 1. The molecule has 12 heavy (non-hydrogen) atoms. The molecule has 0 amide bonds. The molecule has 0 aromatic carbocycles. The van der Waals surface area contributed by atoms with Gasteiger partial charge < -0.3 is 5.11 Å². The zero-order chi connectivity index (χ0) is 9.14. The smallest absolute Gasteiger partial charge is 0.0526 e. The molecule has 0 radical (unpaired) electrons. The standard InChI is InChI=1S/C10H21NO/c1-8-5-4-6-11(8)9(2)7-10(3)12/h8-10,12H,4-7H2,1-3H3. The molecule has 72 valence electrons. The second-order valence-electron chi connectivity index (χ2n) is 4.16. The SMILES string of the molecule is CC(O)CC(C)N1CCCC1C. The van der Waals surface area contributed by atoms with Gasteiger partial charge in [-0.25, -0.2) is 0 Å². The Labute approximate surface area is 75.6 Å². The van der Waals surface area contributed by atoms with Crippen LogP contribution in [-0.4, -0.2) is 34.7 Å². The number of aliphatic hydroxyl groups excluding tert-OH is 1. The maximum absolute atomic E-state index is 9.24. The molecule has 0 bridgehead atoms. The van der Waals surface area contributed by atoms with E-state index in [9.17, 15) is 5.11 Å². The van der Waals surface area contributed by atoms with Gasteiger partial charge in [-0.15, -0.1) is 0 Å². The zero-order valence-electron chi connectivity index (χ0n) is 8.45. The van der Waals surface area contributed by atoms with Crippen molar-refractivity contribution in [3.05, 3.63) is 0 Å². The van der Waals surface area contributed by atoms with Gasteiger partial charge in [-0.05, 0) is 46.6 Å². The summed E-state index contributed by atoms with van der Waals surface area (Å²) < 4.78 is 0. The van der Waals surface area contributed by atoms with Crippen LogP contribution in [0.25, 0.3) is 0 Å². The molecule has 1 aliphatic rings. The minimum absolute atomic E-state index is 0.159. The fraction of sp³-hybridized carbons (Fsp3) is 1.00. The predicted molar refractivity (Wildman–Crippen MR) is 51.2 cm³/mol. The molecule has 2 nitrogen and oxygen atoms in total. The molecule has 1 fully saturated rings. The molecule has 0 spiro atoms. The van der Waals surface area contributed by atoms with Crippen molar-refractivity contribution in [1.29, 1.82) is 0 Å². The van der Waals surface area contributed by atoms with Crippen molar-refractivity contribution in [1.82, 2.24) is 4.90 Å². The van der Waals surface area contributed by atoms with Gasteiger partial charge in [-0.1, -0.05) is 0 Å². The summed E-state index contributed by atoms with van der Waals surface area (Å²) in [6, 6.07) is 1.27. The number of nitrogens with zero attached hydrogens (tertiary/aromatic N) is 1. The summed E-state index contributed by atoms with van der Waals surface area (Å²) in [5.74, 6) is 0. The lowest BCUT2D eigenvalue weighted by Gasteiger charge is -2.29. The second-order valence-corrected chi connectivity index (χ2v) is 4.16. The average molecular weight is 171 g/mol. The van der Waals surface area contributed by atoms with Gasteiger partial charge in [0.1, 0.15) is 0 Å². The van der Waals surface area contributed by atoms with Crippen molar-refractivity contribution in [2.24, 2.45) is 0 Å².